The van der Waals surface area contributed by atoms with E-state index >= 15 is 0 Å². The molecule has 2 rings (SSSR count). The van der Waals surface area contributed by atoms with Crippen molar-refractivity contribution in [3.63, 3.8) is 0 Å². The maximum atomic E-state index is 4.34. The number of rotatable bonds is 3. The van der Waals surface area contributed by atoms with Crippen LogP contribution in [0.1, 0.15) is 16.8 Å². The zero-order valence-electron chi connectivity index (χ0n) is 10.3. The summed E-state index contributed by atoms with van der Waals surface area (Å²) in [6.45, 7) is 9.78. The molecule has 90 valence electrons. The molecule has 2 aromatic rings. The standard InChI is InChI=1S/C16H14BrN/c1-4-12-14(9-11(3)10-15(12)17)13-7-6-8-18-16(13)5-2/h4-10H,1-2H2,3H3. The summed E-state index contributed by atoms with van der Waals surface area (Å²) in [5.74, 6) is 0. The predicted molar refractivity (Wildman–Crippen MR) is 82.3 cm³/mol. The SMILES string of the molecule is C=Cc1ncccc1-c1cc(C)cc(Br)c1C=C. The number of halogens is 1. The van der Waals surface area contributed by atoms with Gasteiger partial charge in [0, 0.05) is 16.2 Å². The lowest BCUT2D eigenvalue weighted by Crippen LogP contribution is -1.91. The van der Waals surface area contributed by atoms with Crippen LogP contribution < -0.4 is 0 Å². The third-order valence-electron chi connectivity index (χ3n) is 2.80. The Morgan fingerprint density at radius 2 is 1.94 bits per heavy atom. The fraction of sp³-hybridized carbons (Fsp3) is 0.0625. The molecule has 0 saturated carbocycles. The van der Waals surface area contributed by atoms with Gasteiger partial charge in [0.1, 0.15) is 0 Å². The lowest BCUT2D eigenvalue weighted by Gasteiger charge is -2.12. The quantitative estimate of drug-likeness (QED) is 0.768. The molecule has 0 unspecified atom stereocenters. The Bertz CT molecular complexity index is 614. The first-order valence-corrected chi connectivity index (χ1v) is 6.47. The highest BCUT2D eigenvalue weighted by Gasteiger charge is 2.10. The van der Waals surface area contributed by atoms with Gasteiger partial charge in [0.05, 0.1) is 5.69 Å². The molecule has 1 aromatic heterocycles. The van der Waals surface area contributed by atoms with Crippen LogP contribution in [0.2, 0.25) is 0 Å². The summed E-state index contributed by atoms with van der Waals surface area (Å²) < 4.78 is 1.05. The lowest BCUT2D eigenvalue weighted by atomic mass is 9.96. The van der Waals surface area contributed by atoms with E-state index in [1.807, 2.05) is 12.1 Å². The lowest BCUT2D eigenvalue weighted by molar-refractivity contribution is 1.29. The summed E-state index contributed by atoms with van der Waals surface area (Å²) in [4.78, 5) is 4.34. The Kier molecular flexibility index (Phi) is 3.78. The van der Waals surface area contributed by atoms with Crippen LogP contribution in [0.3, 0.4) is 0 Å². The number of aromatic nitrogens is 1. The van der Waals surface area contributed by atoms with Crippen LogP contribution in [0.15, 0.2) is 48.1 Å². The number of pyridine rings is 1. The minimum absolute atomic E-state index is 0.887. The molecule has 0 fully saturated rings. The van der Waals surface area contributed by atoms with E-state index in [1.165, 1.54) is 5.56 Å². The smallest absolute Gasteiger partial charge is 0.0702 e. The Labute approximate surface area is 116 Å². The van der Waals surface area contributed by atoms with E-state index in [0.717, 1.165) is 26.9 Å². The van der Waals surface area contributed by atoms with Gasteiger partial charge in [-0.3, -0.25) is 4.98 Å². The fourth-order valence-corrected chi connectivity index (χ4v) is 2.73. The van der Waals surface area contributed by atoms with Crippen molar-refractivity contribution in [3.05, 3.63) is 64.9 Å². The molecule has 0 spiro atoms. The van der Waals surface area contributed by atoms with Crippen LogP contribution in [-0.2, 0) is 0 Å². The van der Waals surface area contributed by atoms with E-state index in [2.05, 4.69) is 59.2 Å². The topological polar surface area (TPSA) is 12.9 Å². The Hall–Kier alpha value is -1.67. The van der Waals surface area contributed by atoms with Crippen LogP contribution in [0.5, 0.6) is 0 Å². The zero-order valence-corrected chi connectivity index (χ0v) is 11.9. The molecule has 1 aromatic carbocycles. The molecular weight excluding hydrogens is 286 g/mol. The van der Waals surface area contributed by atoms with Crippen molar-refractivity contribution in [2.75, 3.05) is 0 Å². The maximum Gasteiger partial charge on any atom is 0.0702 e. The molecule has 0 aliphatic carbocycles. The van der Waals surface area contributed by atoms with E-state index in [9.17, 15) is 0 Å². The number of aryl methyl sites for hydroxylation is 1. The summed E-state index contributed by atoms with van der Waals surface area (Å²) in [7, 11) is 0. The van der Waals surface area contributed by atoms with Gasteiger partial charge in [-0.2, -0.15) is 0 Å². The van der Waals surface area contributed by atoms with Crippen molar-refractivity contribution < 1.29 is 0 Å². The monoisotopic (exact) mass is 299 g/mol. The number of hydrogen-bond acceptors (Lipinski definition) is 1. The molecule has 0 amide bonds. The largest absolute Gasteiger partial charge is 0.256 e. The van der Waals surface area contributed by atoms with Gasteiger partial charge in [0.15, 0.2) is 0 Å². The minimum atomic E-state index is 0.887. The van der Waals surface area contributed by atoms with E-state index < -0.39 is 0 Å². The van der Waals surface area contributed by atoms with Crippen LogP contribution >= 0.6 is 15.9 Å². The van der Waals surface area contributed by atoms with E-state index in [4.69, 9.17) is 0 Å². The van der Waals surface area contributed by atoms with Crippen molar-refractivity contribution >= 4 is 28.1 Å². The van der Waals surface area contributed by atoms with Crippen molar-refractivity contribution in [1.29, 1.82) is 0 Å². The summed E-state index contributed by atoms with van der Waals surface area (Å²) >= 11 is 3.58. The highest BCUT2D eigenvalue weighted by atomic mass is 79.9. The van der Waals surface area contributed by atoms with Gasteiger partial charge in [0.2, 0.25) is 0 Å². The van der Waals surface area contributed by atoms with Gasteiger partial charge in [0.25, 0.3) is 0 Å². The number of nitrogens with zero attached hydrogens (tertiary/aromatic N) is 1. The second-order valence-electron chi connectivity index (χ2n) is 4.05. The molecule has 0 bridgehead atoms. The van der Waals surface area contributed by atoms with E-state index in [-0.39, 0.29) is 0 Å². The van der Waals surface area contributed by atoms with Gasteiger partial charge in [-0.1, -0.05) is 47.3 Å². The zero-order chi connectivity index (χ0) is 13.1. The molecule has 0 aliphatic rings. The van der Waals surface area contributed by atoms with E-state index in [1.54, 1.807) is 12.3 Å². The summed E-state index contributed by atoms with van der Waals surface area (Å²) in [6, 6.07) is 8.22. The van der Waals surface area contributed by atoms with Crippen LogP contribution in [0.25, 0.3) is 23.3 Å². The summed E-state index contributed by atoms with van der Waals surface area (Å²) in [6.07, 6.45) is 5.41. The first kappa shape index (κ1) is 12.8. The van der Waals surface area contributed by atoms with Crippen LogP contribution in [0.4, 0.5) is 0 Å². The molecule has 0 aliphatic heterocycles. The number of benzene rings is 1. The molecule has 0 saturated heterocycles. The van der Waals surface area contributed by atoms with Gasteiger partial charge < -0.3 is 0 Å². The van der Waals surface area contributed by atoms with E-state index in [0.29, 0.717) is 0 Å². The Morgan fingerprint density at radius 1 is 1.17 bits per heavy atom. The van der Waals surface area contributed by atoms with Crippen LogP contribution in [-0.4, -0.2) is 4.98 Å². The molecule has 1 nitrogen and oxygen atoms in total. The first-order chi connectivity index (χ1) is 8.67. The van der Waals surface area contributed by atoms with Crippen molar-refractivity contribution in [2.24, 2.45) is 0 Å². The Morgan fingerprint density at radius 3 is 2.61 bits per heavy atom. The molecule has 18 heavy (non-hydrogen) atoms. The van der Waals surface area contributed by atoms with Crippen LogP contribution in [0, 0.1) is 6.92 Å². The molecule has 0 radical (unpaired) electrons. The molecule has 0 atom stereocenters. The molecule has 2 heteroatoms. The first-order valence-electron chi connectivity index (χ1n) is 5.67. The number of hydrogen-bond donors (Lipinski definition) is 0. The normalized spacial score (nSPS) is 10.1. The summed E-state index contributed by atoms with van der Waals surface area (Å²) in [5, 5.41) is 0. The molecule has 1 heterocycles. The van der Waals surface area contributed by atoms with Crippen molar-refractivity contribution in [3.8, 4) is 11.1 Å². The van der Waals surface area contributed by atoms with Gasteiger partial charge >= 0.3 is 0 Å². The second-order valence-corrected chi connectivity index (χ2v) is 4.91. The fourth-order valence-electron chi connectivity index (χ4n) is 1.99. The van der Waals surface area contributed by atoms with Crippen molar-refractivity contribution in [2.45, 2.75) is 6.92 Å². The third-order valence-corrected chi connectivity index (χ3v) is 3.46. The second kappa shape index (κ2) is 5.32. The summed E-state index contributed by atoms with van der Waals surface area (Å²) in [5.41, 5.74) is 5.36. The van der Waals surface area contributed by atoms with Crippen molar-refractivity contribution in [1.82, 2.24) is 4.98 Å². The predicted octanol–water partition coefficient (Wildman–Crippen LogP) is 5.11. The Balaban J connectivity index is 2.77. The highest BCUT2D eigenvalue weighted by Crippen LogP contribution is 2.33. The van der Waals surface area contributed by atoms with Gasteiger partial charge in [-0.05, 0) is 41.8 Å². The molecular formula is C16H14BrN. The molecule has 0 N–H and O–H groups in total. The van der Waals surface area contributed by atoms with Gasteiger partial charge in [-0.15, -0.1) is 0 Å². The average Bonchev–Trinajstić information content (AvgIpc) is 2.38. The minimum Gasteiger partial charge on any atom is -0.256 e. The highest BCUT2D eigenvalue weighted by molar-refractivity contribution is 9.10. The maximum absolute atomic E-state index is 4.34. The third kappa shape index (κ3) is 2.29. The average molecular weight is 300 g/mol. The van der Waals surface area contributed by atoms with Gasteiger partial charge in [-0.25, -0.2) is 0 Å².